The summed E-state index contributed by atoms with van der Waals surface area (Å²) in [5.74, 6) is -0.745. The number of rotatable bonds is 3. The topological polar surface area (TPSA) is 58.4 Å². The molecule has 0 unspecified atom stereocenters. The molecule has 2 heterocycles. The van der Waals surface area contributed by atoms with Gasteiger partial charge in [0, 0.05) is 24.0 Å². The molecule has 3 rings (SSSR count). The summed E-state index contributed by atoms with van der Waals surface area (Å²) in [5, 5.41) is 14.1. The second kappa shape index (κ2) is 6.45. The maximum absolute atomic E-state index is 13.5. The molecule has 1 aliphatic rings. The third kappa shape index (κ3) is 3.10. The van der Waals surface area contributed by atoms with Gasteiger partial charge in [0.2, 0.25) is 0 Å². The number of benzene rings is 1. The van der Waals surface area contributed by atoms with Gasteiger partial charge in [0.25, 0.3) is 5.91 Å². The number of alkyl halides is 1. The molecule has 1 aromatic heterocycles. The SMILES string of the molecule is O=C(c1cnn(CCF)c1)N1CCC[C@@H](O)c2cc(F)ccc21. The van der Waals surface area contributed by atoms with Gasteiger partial charge in [0.15, 0.2) is 0 Å². The summed E-state index contributed by atoms with van der Waals surface area (Å²) < 4.78 is 27.2. The van der Waals surface area contributed by atoms with E-state index in [1.54, 1.807) is 0 Å². The van der Waals surface area contributed by atoms with E-state index in [-0.39, 0.29) is 12.5 Å². The van der Waals surface area contributed by atoms with Gasteiger partial charge in [-0.05, 0) is 31.0 Å². The fourth-order valence-electron chi connectivity index (χ4n) is 2.81. The van der Waals surface area contributed by atoms with Crippen molar-refractivity contribution in [2.75, 3.05) is 18.1 Å². The lowest BCUT2D eigenvalue weighted by Gasteiger charge is -2.22. The van der Waals surface area contributed by atoms with Crippen molar-refractivity contribution in [1.29, 1.82) is 0 Å². The van der Waals surface area contributed by atoms with Crippen molar-refractivity contribution in [2.45, 2.75) is 25.5 Å². The molecule has 1 N–H and O–H groups in total. The normalized spacial score (nSPS) is 17.7. The molecule has 1 aliphatic heterocycles. The fraction of sp³-hybridized carbons (Fsp3) is 0.375. The Morgan fingerprint density at radius 2 is 2.26 bits per heavy atom. The Hall–Kier alpha value is -2.28. The Bertz CT molecular complexity index is 717. The molecule has 0 bridgehead atoms. The van der Waals surface area contributed by atoms with Gasteiger partial charge in [0.05, 0.1) is 24.4 Å². The highest BCUT2D eigenvalue weighted by atomic mass is 19.1. The van der Waals surface area contributed by atoms with E-state index in [2.05, 4.69) is 5.10 Å². The predicted molar refractivity (Wildman–Crippen MR) is 80.5 cm³/mol. The first-order valence-corrected chi connectivity index (χ1v) is 7.48. The van der Waals surface area contributed by atoms with E-state index in [9.17, 15) is 18.7 Å². The molecule has 7 heteroatoms. The maximum Gasteiger partial charge on any atom is 0.261 e. The van der Waals surface area contributed by atoms with E-state index in [0.29, 0.717) is 36.2 Å². The summed E-state index contributed by atoms with van der Waals surface area (Å²) in [4.78, 5) is 14.2. The molecule has 122 valence electrons. The second-order valence-corrected chi connectivity index (χ2v) is 5.50. The number of aliphatic hydroxyl groups is 1. The third-order valence-electron chi connectivity index (χ3n) is 3.94. The monoisotopic (exact) mass is 321 g/mol. The Morgan fingerprint density at radius 3 is 3.04 bits per heavy atom. The highest BCUT2D eigenvalue weighted by Gasteiger charge is 2.27. The number of hydrogen-bond acceptors (Lipinski definition) is 3. The first-order valence-electron chi connectivity index (χ1n) is 7.48. The molecule has 0 radical (unpaired) electrons. The van der Waals surface area contributed by atoms with Gasteiger partial charge < -0.3 is 10.0 Å². The van der Waals surface area contributed by atoms with Crippen molar-refractivity contribution >= 4 is 11.6 Å². The molecule has 5 nitrogen and oxygen atoms in total. The number of aryl methyl sites for hydroxylation is 1. The zero-order valence-corrected chi connectivity index (χ0v) is 12.5. The minimum absolute atomic E-state index is 0.0911. The molecule has 23 heavy (non-hydrogen) atoms. The van der Waals surface area contributed by atoms with Crippen molar-refractivity contribution in [3.8, 4) is 0 Å². The van der Waals surface area contributed by atoms with Crippen LogP contribution in [0.1, 0.15) is 34.9 Å². The predicted octanol–water partition coefficient (Wildman–Crippen LogP) is 2.47. The summed E-state index contributed by atoms with van der Waals surface area (Å²) in [6.07, 6.45) is 3.14. The number of carbonyl (C=O) groups excluding carboxylic acids is 1. The number of amides is 1. The molecule has 0 spiro atoms. The molecule has 0 fully saturated rings. The van der Waals surface area contributed by atoms with Gasteiger partial charge in [-0.2, -0.15) is 5.10 Å². The van der Waals surface area contributed by atoms with Gasteiger partial charge in [-0.3, -0.25) is 9.48 Å². The van der Waals surface area contributed by atoms with Crippen LogP contribution in [0.15, 0.2) is 30.6 Å². The van der Waals surface area contributed by atoms with Gasteiger partial charge in [-0.15, -0.1) is 0 Å². The molecule has 0 saturated heterocycles. The van der Waals surface area contributed by atoms with E-state index in [1.165, 1.54) is 40.2 Å². The number of nitrogens with zero attached hydrogens (tertiary/aromatic N) is 3. The summed E-state index contributed by atoms with van der Waals surface area (Å²) in [5.41, 5.74) is 1.25. The Kier molecular flexibility index (Phi) is 4.38. The zero-order valence-electron chi connectivity index (χ0n) is 12.5. The van der Waals surface area contributed by atoms with Crippen molar-refractivity contribution in [1.82, 2.24) is 9.78 Å². The number of aromatic nitrogens is 2. The third-order valence-corrected chi connectivity index (χ3v) is 3.94. The van der Waals surface area contributed by atoms with E-state index in [4.69, 9.17) is 0 Å². The second-order valence-electron chi connectivity index (χ2n) is 5.50. The number of carbonyl (C=O) groups is 1. The van der Waals surface area contributed by atoms with Crippen LogP contribution in [0, 0.1) is 5.82 Å². The highest BCUT2D eigenvalue weighted by Crippen LogP contribution is 2.34. The van der Waals surface area contributed by atoms with E-state index in [0.717, 1.165) is 0 Å². The van der Waals surface area contributed by atoms with Crippen LogP contribution in [0.5, 0.6) is 0 Å². The van der Waals surface area contributed by atoms with Crippen LogP contribution >= 0.6 is 0 Å². The number of fused-ring (bicyclic) bond motifs is 1. The van der Waals surface area contributed by atoms with Gasteiger partial charge >= 0.3 is 0 Å². The molecule has 1 atom stereocenters. The van der Waals surface area contributed by atoms with Gasteiger partial charge in [-0.25, -0.2) is 8.78 Å². The highest BCUT2D eigenvalue weighted by molar-refractivity contribution is 6.06. The van der Waals surface area contributed by atoms with Crippen LogP contribution in [0.4, 0.5) is 14.5 Å². The minimum Gasteiger partial charge on any atom is -0.388 e. The number of halogens is 2. The fourth-order valence-corrected chi connectivity index (χ4v) is 2.81. The average Bonchev–Trinajstić information content (AvgIpc) is 2.94. The van der Waals surface area contributed by atoms with Crippen molar-refractivity contribution in [2.24, 2.45) is 0 Å². The van der Waals surface area contributed by atoms with Crippen LogP contribution in [0.2, 0.25) is 0 Å². The summed E-state index contributed by atoms with van der Waals surface area (Å²) in [6.45, 7) is -0.0517. The maximum atomic E-state index is 13.5. The number of anilines is 1. The van der Waals surface area contributed by atoms with Crippen LogP contribution < -0.4 is 4.90 Å². The number of aliphatic hydroxyl groups excluding tert-OH is 1. The Balaban J connectivity index is 1.95. The van der Waals surface area contributed by atoms with Gasteiger partial charge in [0.1, 0.15) is 12.5 Å². The van der Waals surface area contributed by atoms with Crippen LogP contribution in [0.3, 0.4) is 0 Å². The van der Waals surface area contributed by atoms with E-state index >= 15 is 0 Å². The van der Waals surface area contributed by atoms with E-state index < -0.39 is 18.6 Å². The first-order chi connectivity index (χ1) is 11.1. The van der Waals surface area contributed by atoms with Crippen LogP contribution in [0.25, 0.3) is 0 Å². The van der Waals surface area contributed by atoms with Crippen molar-refractivity contribution in [3.05, 3.63) is 47.5 Å². The summed E-state index contributed by atoms with van der Waals surface area (Å²) >= 11 is 0. The molecule has 0 saturated carbocycles. The first kappa shape index (κ1) is 15.6. The lowest BCUT2D eigenvalue weighted by Crippen LogP contribution is -2.31. The molecule has 1 amide bonds. The molecule has 1 aromatic carbocycles. The summed E-state index contributed by atoms with van der Waals surface area (Å²) in [7, 11) is 0. The van der Waals surface area contributed by atoms with Crippen molar-refractivity contribution < 1.29 is 18.7 Å². The Labute approximate surface area is 132 Å². The smallest absolute Gasteiger partial charge is 0.261 e. The van der Waals surface area contributed by atoms with Crippen LogP contribution in [-0.2, 0) is 6.54 Å². The molecular weight excluding hydrogens is 304 g/mol. The largest absolute Gasteiger partial charge is 0.388 e. The molecule has 2 aromatic rings. The van der Waals surface area contributed by atoms with Gasteiger partial charge in [-0.1, -0.05) is 0 Å². The average molecular weight is 321 g/mol. The van der Waals surface area contributed by atoms with E-state index in [1.807, 2.05) is 0 Å². The molecular formula is C16H17F2N3O2. The lowest BCUT2D eigenvalue weighted by molar-refractivity contribution is 0.0986. The lowest BCUT2D eigenvalue weighted by atomic mass is 10.0. The van der Waals surface area contributed by atoms with Crippen molar-refractivity contribution in [3.63, 3.8) is 0 Å². The van der Waals surface area contributed by atoms with Crippen LogP contribution in [-0.4, -0.2) is 34.0 Å². The zero-order chi connectivity index (χ0) is 16.4. The summed E-state index contributed by atoms with van der Waals surface area (Å²) in [6, 6.07) is 4.03. The molecule has 0 aliphatic carbocycles. The number of hydrogen-bond donors (Lipinski definition) is 1. The standard InChI is InChI=1S/C16H17F2N3O2/c17-5-7-20-10-11(9-19-20)16(23)21-6-1-2-15(22)13-8-12(18)3-4-14(13)21/h3-4,8-10,15,22H,1-2,5-7H2/t15-/m1/s1. The minimum atomic E-state index is -0.798. The quantitative estimate of drug-likeness (QED) is 0.945. The Morgan fingerprint density at radius 1 is 1.43 bits per heavy atom.